The van der Waals surface area contributed by atoms with Gasteiger partial charge in [-0.25, -0.2) is 4.98 Å². The van der Waals surface area contributed by atoms with Gasteiger partial charge in [-0.05, 0) is 24.3 Å². The highest BCUT2D eigenvalue weighted by Gasteiger charge is 2.21. The number of hydrogen-bond donors (Lipinski definition) is 0. The Kier molecular flexibility index (Phi) is 6.20. The molecule has 0 N–H and O–H groups in total. The molecule has 0 bridgehead atoms. The lowest BCUT2D eigenvalue weighted by atomic mass is 10.2. The van der Waals surface area contributed by atoms with Gasteiger partial charge in [-0.3, -0.25) is 4.79 Å². The van der Waals surface area contributed by atoms with E-state index in [0.29, 0.717) is 36.2 Å². The predicted molar refractivity (Wildman–Crippen MR) is 101 cm³/mol. The molecular formula is C17H16BrF2N3O2S. The lowest BCUT2D eigenvalue weighted by molar-refractivity contribution is -0.126. The van der Waals surface area contributed by atoms with Crippen LogP contribution in [-0.4, -0.2) is 48.6 Å². The third kappa shape index (κ3) is 4.79. The molecule has 5 nitrogen and oxygen atoms in total. The van der Waals surface area contributed by atoms with Crippen LogP contribution in [0.1, 0.15) is 5.56 Å². The first-order valence-electron chi connectivity index (χ1n) is 7.89. The van der Waals surface area contributed by atoms with Crippen LogP contribution in [0.4, 0.5) is 13.9 Å². The topological polar surface area (TPSA) is 45.7 Å². The lowest BCUT2D eigenvalue weighted by Gasteiger charge is -2.34. The molecule has 26 heavy (non-hydrogen) atoms. The fourth-order valence-corrected chi connectivity index (χ4v) is 3.69. The average Bonchev–Trinajstić information content (AvgIpc) is 3.16. The van der Waals surface area contributed by atoms with Crippen LogP contribution in [0.2, 0.25) is 0 Å². The predicted octanol–water partition coefficient (Wildman–Crippen LogP) is 3.87. The van der Waals surface area contributed by atoms with Crippen molar-refractivity contribution in [3.63, 3.8) is 0 Å². The number of halogens is 3. The van der Waals surface area contributed by atoms with Gasteiger partial charge in [0, 0.05) is 53.9 Å². The molecule has 0 aliphatic carbocycles. The molecule has 3 rings (SSSR count). The van der Waals surface area contributed by atoms with Crippen molar-refractivity contribution in [3.8, 4) is 5.75 Å². The molecule has 1 aromatic heterocycles. The standard InChI is InChI=1S/C17H16BrF2N3O2S/c18-13-2-3-14(25-16(19)20)12(11-13)1-4-15(24)22-6-8-23(9-7-22)17-21-5-10-26-17/h1-5,10-11,16H,6-9H2/b4-1+. The quantitative estimate of drug-likeness (QED) is 0.658. The number of thiazole rings is 1. The van der Waals surface area contributed by atoms with Gasteiger partial charge in [0.05, 0.1) is 0 Å². The Balaban J connectivity index is 1.62. The summed E-state index contributed by atoms with van der Waals surface area (Å²) in [4.78, 5) is 20.5. The smallest absolute Gasteiger partial charge is 0.387 e. The number of ether oxygens (including phenoxy) is 1. The summed E-state index contributed by atoms with van der Waals surface area (Å²) in [5.74, 6) is -0.132. The summed E-state index contributed by atoms with van der Waals surface area (Å²) in [5, 5.41) is 2.88. The Morgan fingerprint density at radius 3 is 2.73 bits per heavy atom. The van der Waals surface area contributed by atoms with Crippen molar-refractivity contribution in [2.45, 2.75) is 6.61 Å². The van der Waals surface area contributed by atoms with Crippen LogP contribution in [-0.2, 0) is 4.79 Å². The first-order chi connectivity index (χ1) is 12.5. The minimum absolute atomic E-state index is 0.0286. The fourth-order valence-electron chi connectivity index (χ4n) is 2.61. The number of carbonyl (C=O) groups is 1. The van der Waals surface area contributed by atoms with E-state index in [2.05, 4.69) is 30.6 Å². The van der Waals surface area contributed by atoms with Gasteiger partial charge in [0.25, 0.3) is 0 Å². The van der Waals surface area contributed by atoms with E-state index in [4.69, 9.17) is 0 Å². The van der Waals surface area contributed by atoms with Gasteiger partial charge >= 0.3 is 6.61 Å². The molecule has 1 fully saturated rings. The number of rotatable bonds is 5. The van der Waals surface area contributed by atoms with Gasteiger partial charge in [0.2, 0.25) is 5.91 Å². The van der Waals surface area contributed by atoms with Gasteiger partial charge < -0.3 is 14.5 Å². The second kappa shape index (κ2) is 8.59. The van der Waals surface area contributed by atoms with Crippen molar-refractivity contribution in [3.05, 3.63) is 45.9 Å². The number of nitrogens with zero attached hydrogens (tertiary/aromatic N) is 3. The Morgan fingerprint density at radius 2 is 2.08 bits per heavy atom. The zero-order chi connectivity index (χ0) is 18.5. The molecule has 1 aliphatic rings. The number of piperazine rings is 1. The maximum atomic E-state index is 12.5. The molecule has 0 atom stereocenters. The van der Waals surface area contributed by atoms with Gasteiger partial charge in [-0.1, -0.05) is 15.9 Å². The molecule has 2 heterocycles. The molecule has 0 saturated carbocycles. The van der Waals surface area contributed by atoms with Gasteiger partial charge in [-0.2, -0.15) is 8.78 Å². The number of carbonyl (C=O) groups excluding carboxylic acids is 1. The van der Waals surface area contributed by atoms with Crippen LogP contribution in [0.3, 0.4) is 0 Å². The zero-order valence-electron chi connectivity index (χ0n) is 13.6. The van der Waals surface area contributed by atoms with E-state index in [9.17, 15) is 13.6 Å². The van der Waals surface area contributed by atoms with Crippen LogP contribution in [0.5, 0.6) is 5.75 Å². The lowest BCUT2D eigenvalue weighted by Crippen LogP contribution is -2.48. The first-order valence-corrected chi connectivity index (χ1v) is 9.56. The number of aromatic nitrogens is 1. The maximum Gasteiger partial charge on any atom is 0.387 e. The van der Waals surface area contributed by atoms with E-state index >= 15 is 0 Å². The van der Waals surface area contributed by atoms with Crippen LogP contribution in [0.25, 0.3) is 6.08 Å². The number of alkyl halides is 2. The largest absolute Gasteiger partial charge is 0.434 e. The van der Waals surface area contributed by atoms with E-state index < -0.39 is 6.61 Å². The second-order valence-corrected chi connectivity index (χ2v) is 7.31. The molecule has 138 valence electrons. The van der Waals surface area contributed by atoms with Crippen LogP contribution >= 0.6 is 27.3 Å². The Labute approximate surface area is 162 Å². The van der Waals surface area contributed by atoms with Crippen molar-refractivity contribution in [2.75, 3.05) is 31.1 Å². The monoisotopic (exact) mass is 443 g/mol. The molecular weight excluding hydrogens is 428 g/mol. The van der Waals surface area contributed by atoms with E-state index in [-0.39, 0.29) is 11.7 Å². The van der Waals surface area contributed by atoms with Crippen LogP contribution < -0.4 is 9.64 Å². The fraction of sp³-hybridized carbons (Fsp3) is 0.294. The maximum absolute atomic E-state index is 12.5. The van der Waals surface area contributed by atoms with Gasteiger partial charge in [0.1, 0.15) is 5.75 Å². The van der Waals surface area contributed by atoms with Crippen molar-refractivity contribution in [2.24, 2.45) is 0 Å². The summed E-state index contributed by atoms with van der Waals surface area (Å²) in [5.41, 5.74) is 0.412. The Bertz CT molecular complexity index is 778. The average molecular weight is 444 g/mol. The summed E-state index contributed by atoms with van der Waals surface area (Å²) in [6.45, 7) is -0.325. The van der Waals surface area contributed by atoms with Crippen molar-refractivity contribution < 1.29 is 18.3 Å². The van der Waals surface area contributed by atoms with Crippen molar-refractivity contribution >= 4 is 44.4 Å². The van der Waals surface area contributed by atoms with Gasteiger partial charge in [0.15, 0.2) is 5.13 Å². The molecule has 1 aromatic carbocycles. The summed E-state index contributed by atoms with van der Waals surface area (Å²) >= 11 is 4.86. The third-order valence-electron chi connectivity index (χ3n) is 3.87. The third-order valence-corrected chi connectivity index (χ3v) is 5.20. The highest BCUT2D eigenvalue weighted by molar-refractivity contribution is 9.10. The highest BCUT2D eigenvalue weighted by atomic mass is 79.9. The molecule has 1 amide bonds. The van der Waals surface area contributed by atoms with Crippen molar-refractivity contribution in [1.29, 1.82) is 0 Å². The van der Waals surface area contributed by atoms with E-state index in [0.717, 1.165) is 5.13 Å². The molecule has 1 saturated heterocycles. The van der Waals surface area contributed by atoms with Crippen LogP contribution in [0.15, 0.2) is 40.3 Å². The summed E-state index contributed by atoms with van der Waals surface area (Å²) in [7, 11) is 0. The van der Waals surface area contributed by atoms with Crippen molar-refractivity contribution in [1.82, 2.24) is 9.88 Å². The molecule has 0 radical (unpaired) electrons. The van der Waals surface area contributed by atoms with Crippen LogP contribution in [0, 0.1) is 0 Å². The minimum Gasteiger partial charge on any atom is -0.434 e. The SMILES string of the molecule is O=C(/C=C/c1cc(Br)ccc1OC(F)F)N1CCN(c2nccs2)CC1. The summed E-state index contributed by atoms with van der Waals surface area (Å²) < 4.78 is 30.2. The molecule has 9 heteroatoms. The molecule has 0 unspecified atom stereocenters. The normalized spacial score (nSPS) is 15.1. The van der Waals surface area contributed by atoms with E-state index in [1.807, 2.05) is 5.38 Å². The molecule has 2 aromatic rings. The Hall–Kier alpha value is -2.00. The van der Waals surface area contributed by atoms with E-state index in [1.165, 1.54) is 18.2 Å². The molecule has 0 spiro atoms. The van der Waals surface area contributed by atoms with Gasteiger partial charge in [-0.15, -0.1) is 11.3 Å². The zero-order valence-corrected chi connectivity index (χ0v) is 16.1. The minimum atomic E-state index is -2.92. The number of anilines is 1. The first kappa shape index (κ1) is 18.8. The highest BCUT2D eigenvalue weighted by Crippen LogP contribution is 2.26. The summed E-state index contributed by atoms with van der Waals surface area (Å²) in [6, 6.07) is 4.67. The number of amides is 1. The second-order valence-electron chi connectivity index (χ2n) is 5.52. The molecule has 1 aliphatic heterocycles. The summed E-state index contributed by atoms with van der Waals surface area (Å²) in [6.07, 6.45) is 4.65. The van der Waals surface area contributed by atoms with E-state index in [1.54, 1.807) is 34.6 Å². The number of benzene rings is 1. The Morgan fingerprint density at radius 1 is 1.31 bits per heavy atom. The number of hydrogen-bond acceptors (Lipinski definition) is 5.